The Hall–Kier alpha value is -3.06. The van der Waals surface area contributed by atoms with Crippen molar-refractivity contribution in [3.8, 4) is 11.3 Å². The van der Waals surface area contributed by atoms with Crippen LogP contribution in [0.25, 0.3) is 11.3 Å². The van der Waals surface area contributed by atoms with Gasteiger partial charge in [-0.2, -0.15) is 0 Å². The molecule has 0 atom stereocenters. The van der Waals surface area contributed by atoms with Gasteiger partial charge in [-0.1, -0.05) is 30.3 Å². The summed E-state index contributed by atoms with van der Waals surface area (Å²) in [6, 6.07) is 15.1. The molecule has 3 rings (SSSR count). The maximum Gasteiger partial charge on any atom is 0.261 e. The van der Waals surface area contributed by atoms with Crippen LogP contribution in [0, 0.1) is 6.92 Å². The molecule has 0 saturated heterocycles. The van der Waals surface area contributed by atoms with Crippen LogP contribution < -0.4 is 10.5 Å². The number of hydrogen-bond acceptors (Lipinski definition) is 4. The van der Waals surface area contributed by atoms with E-state index in [0.29, 0.717) is 22.6 Å². The average Bonchev–Trinajstić information content (AvgIpc) is 2.91. The molecule has 134 valence electrons. The summed E-state index contributed by atoms with van der Waals surface area (Å²) in [7, 11) is -3.88. The van der Waals surface area contributed by atoms with Crippen LogP contribution in [0.15, 0.2) is 59.5 Å². The third-order valence-electron chi connectivity index (χ3n) is 4.03. The van der Waals surface area contributed by atoms with Gasteiger partial charge in [0, 0.05) is 16.9 Å². The van der Waals surface area contributed by atoms with Gasteiger partial charge < -0.3 is 10.7 Å². The molecule has 4 N–H and O–H groups in total. The van der Waals surface area contributed by atoms with E-state index in [0.717, 1.165) is 5.56 Å². The van der Waals surface area contributed by atoms with E-state index in [1.54, 1.807) is 6.92 Å². The number of nitrogen functional groups attached to an aromatic ring is 1. The van der Waals surface area contributed by atoms with E-state index in [4.69, 9.17) is 5.73 Å². The quantitative estimate of drug-likeness (QED) is 0.472. The zero-order valence-corrected chi connectivity index (χ0v) is 15.2. The molecule has 0 spiro atoms. The SMILES string of the molecule is CC(=O)c1c(C)[nH]c(-c2ccccc2)c1NS(=O)(=O)c1ccc(N)cc1. The van der Waals surface area contributed by atoms with E-state index in [2.05, 4.69) is 9.71 Å². The van der Waals surface area contributed by atoms with Gasteiger partial charge in [-0.05, 0) is 38.1 Å². The highest BCUT2D eigenvalue weighted by Crippen LogP contribution is 2.34. The number of carbonyl (C=O) groups excluding carboxylic acids is 1. The van der Waals surface area contributed by atoms with Crippen LogP contribution >= 0.6 is 0 Å². The van der Waals surface area contributed by atoms with E-state index in [1.807, 2.05) is 30.3 Å². The normalized spacial score (nSPS) is 11.3. The third-order valence-corrected chi connectivity index (χ3v) is 5.39. The molecule has 1 aromatic heterocycles. The maximum atomic E-state index is 12.8. The van der Waals surface area contributed by atoms with Crippen molar-refractivity contribution in [2.75, 3.05) is 10.5 Å². The van der Waals surface area contributed by atoms with Crippen molar-refractivity contribution in [2.45, 2.75) is 18.7 Å². The van der Waals surface area contributed by atoms with Crippen LogP contribution in [-0.4, -0.2) is 19.2 Å². The number of nitrogens with two attached hydrogens (primary N) is 1. The number of aryl methyl sites for hydroxylation is 1. The standard InChI is InChI=1S/C19H19N3O3S/c1-12-17(13(2)23)19(18(21-12)14-6-4-3-5-7-14)22-26(24,25)16-10-8-15(20)9-11-16/h3-11,21-22H,20H2,1-2H3. The smallest absolute Gasteiger partial charge is 0.261 e. The van der Waals surface area contributed by atoms with Crippen molar-refractivity contribution < 1.29 is 13.2 Å². The number of rotatable bonds is 5. The number of nitrogens with one attached hydrogen (secondary N) is 2. The highest BCUT2D eigenvalue weighted by atomic mass is 32.2. The lowest BCUT2D eigenvalue weighted by Gasteiger charge is -2.11. The minimum atomic E-state index is -3.88. The molecule has 0 radical (unpaired) electrons. The van der Waals surface area contributed by atoms with Crippen LogP contribution in [0.3, 0.4) is 0 Å². The molecular weight excluding hydrogens is 350 g/mol. The van der Waals surface area contributed by atoms with E-state index < -0.39 is 10.0 Å². The molecule has 0 aliphatic carbocycles. The van der Waals surface area contributed by atoms with Crippen LogP contribution in [0.1, 0.15) is 23.0 Å². The fourth-order valence-electron chi connectivity index (χ4n) is 2.83. The molecule has 0 amide bonds. The van der Waals surface area contributed by atoms with Gasteiger partial charge in [0.25, 0.3) is 10.0 Å². The lowest BCUT2D eigenvalue weighted by atomic mass is 10.1. The number of hydrogen-bond donors (Lipinski definition) is 3. The summed E-state index contributed by atoms with van der Waals surface area (Å²) < 4.78 is 28.2. The summed E-state index contributed by atoms with van der Waals surface area (Å²) in [5.74, 6) is -0.226. The van der Waals surface area contributed by atoms with Crippen molar-refractivity contribution in [1.82, 2.24) is 4.98 Å². The van der Waals surface area contributed by atoms with Crippen LogP contribution in [-0.2, 0) is 10.0 Å². The molecule has 0 bridgehead atoms. The Morgan fingerprint density at radius 2 is 1.65 bits per heavy atom. The molecule has 3 aromatic rings. The molecule has 0 saturated carbocycles. The second-order valence-electron chi connectivity index (χ2n) is 5.97. The van der Waals surface area contributed by atoms with Crippen LogP contribution in [0.2, 0.25) is 0 Å². The van der Waals surface area contributed by atoms with Gasteiger partial charge in [-0.3, -0.25) is 9.52 Å². The molecular formula is C19H19N3O3S. The van der Waals surface area contributed by atoms with Crippen molar-refractivity contribution in [3.63, 3.8) is 0 Å². The van der Waals surface area contributed by atoms with Crippen LogP contribution in [0.5, 0.6) is 0 Å². The summed E-state index contributed by atoms with van der Waals surface area (Å²) in [5, 5.41) is 0. The van der Waals surface area contributed by atoms with E-state index >= 15 is 0 Å². The molecule has 0 aliphatic rings. The largest absolute Gasteiger partial charge is 0.399 e. The number of sulfonamides is 1. The Morgan fingerprint density at radius 1 is 1.04 bits per heavy atom. The fraction of sp³-hybridized carbons (Fsp3) is 0.105. The van der Waals surface area contributed by atoms with Gasteiger partial charge in [0.05, 0.1) is 21.8 Å². The van der Waals surface area contributed by atoms with Crippen LogP contribution in [0.4, 0.5) is 11.4 Å². The first-order chi connectivity index (χ1) is 12.3. The summed E-state index contributed by atoms with van der Waals surface area (Å²) in [6.45, 7) is 3.15. The van der Waals surface area contributed by atoms with E-state index in [1.165, 1.54) is 31.2 Å². The summed E-state index contributed by atoms with van der Waals surface area (Å²) >= 11 is 0. The van der Waals surface area contributed by atoms with Gasteiger partial charge in [-0.15, -0.1) is 0 Å². The third kappa shape index (κ3) is 3.34. The minimum absolute atomic E-state index is 0.0686. The minimum Gasteiger partial charge on any atom is -0.399 e. The fourth-order valence-corrected chi connectivity index (χ4v) is 3.91. The number of H-pyrrole nitrogens is 1. The Labute approximate surface area is 152 Å². The Morgan fingerprint density at radius 3 is 2.23 bits per heavy atom. The number of anilines is 2. The molecule has 0 fully saturated rings. The van der Waals surface area contributed by atoms with Crippen molar-refractivity contribution >= 4 is 27.2 Å². The number of carbonyl (C=O) groups is 1. The molecule has 2 aromatic carbocycles. The molecule has 26 heavy (non-hydrogen) atoms. The number of Topliss-reactive ketones (excluding diaryl/α,β-unsaturated/α-hetero) is 1. The molecule has 7 heteroatoms. The number of aromatic nitrogens is 1. The molecule has 6 nitrogen and oxygen atoms in total. The van der Waals surface area contributed by atoms with Gasteiger partial charge in [-0.25, -0.2) is 8.42 Å². The maximum absolute atomic E-state index is 12.8. The average molecular weight is 369 g/mol. The van der Waals surface area contributed by atoms with Crippen molar-refractivity contribution in [3.05, 3.63) is 65.9 Å². The van der Waals surface area contributed by atoms with E-state index in [-0.39, 0.29) is 16.4 Å². The number of benzene rings is 2. The van der Waals surface area contributed by atoms with Crippen molar-refractivity contribution in [1.29, 1.82) is 0 Å². The lowest BCUT2D eigenvalue weighted by Crippen LogP contribution is -2.15. The second-order valence-corrected chi connectivity index (χ2v) is 7.65. The Balaban J connectivity index is 2.14. The number of ketones is 1. The Bertz CT molecular complexity index is 1050. The van der Waals surface area contributed by atoms with Gasteiger partial charge in [0.1, 0.15) is 0 Å². The highest BCUT2D eigenvalue weighted by Gasteiger charge is 2.24. The predicted octanol–water partition coefficient (Wildman–Crippen LogP) is 3.58. The zero-order chi connectivity index (χ0) is 18.9. The van der Waals surface area contributed by atoms with Crippen molar-refractivity contribution in [2.24, 2.45) is 0 Å². The van der Waals surface area contributed by atoms with Gasteiger partial charge in [0.2, 0.25) is 0 Å². The lowest BCUT2D eigenvalue weighted by molar-refractivity contribution is 0.101. The molecule has 1 heterocycles. The first kappa shape index (κ1) is 17.8. The zero-order valence-electron chi connectivity index (χ0n) is 14.4. The highest BCUT2D eigenvalue weighted by molar-refractivity contribution is 7.92. The van der Waals surface area contributed by atoms with Gasteiger partial charge in [0.15, 0.2) is 5.78 Å². The van der Waals surface area contributed by atoms with Gasteiger partial charge >= 0.3 is 0 Å². The number of aromatic amines is 1. The topological polar surface area (TPSA) is 105 Å². The van der Waals surface area contributed by atoms with E-state index in [9.17, 15) is 13.2 Å². The summed E-state index contributed by atoms with van der Waals surface area (Å²) in [6.07, 6.45) is 0. The molecule has 0 unspecified atom stereocenters. The first-order valence-corrected chi connectivity index (χ1v) is 9.45. The monoisotopic (exact) mass is 369 g/mol. The summed E-state index contributed by atoms with van der Waals surface area (Å²) in [4.78, 5) is 15.3. The second kappa shape index (κ2) is 6.68. The predicted molar refractivity (Wildman–Crippen MR) is 103 cm³/mol. The first-order valence-electron chi connectivity index (χ1n) is 7.97. The Kier molecular flexibility index (Phi) is 4.56. The summed E-state index contributed by atoms with van der Waals surface area (Å²) in [5.41, 5.74) is 8.59. The molecule has 0 aliphatic heterocycles.